The maximum Gasteiger partial charge on any atom is 0.229 e. The summed E-state index contributed by atoms with van der Waals surface area (Å²) in [6, 6.07) is 11.4. The highest BCUT2D eigenvalue weighted by Gasteiger charge is 2.29. The first-order valence-electron chi connectivity index (χ1n) is 7.38. The minimum absolute atomic E-state index is 0.0310. The Hall–Kier alpha value is -2.47. The van der Waals surface area contributed by atoms with Crippen LogP contribution >= 0.6 is 0 Å². The average molecular weight is 297 g/mol. The summed E-state index contributed by atoms with van der Waals surface area (Å²) < 4.78 is 0. The maximum absolute atomic E-state index is 12.3. The summed E-state index contributed by atoms with van der Waals surface area (Å²) in [5.74, 6) is 0.865. The molecule has 0 radical (unpaired) electrons. The topological polar surface area (TPSA) is 84.1 Å². The molecular weight excluding hydrogens is 278 g/mol. The molecule has 1 aliphatic rings. The van der Waals surface area contributed by atoms with Crippen molar-refractivity contribution < 1.29 is 4.79 Å². The maximum atomic E-state index is 12.3. The van der Waals surface area contributed by atoms with E-state index in [4.69, 9.17) is 5.73 Å². The van der Waals surface area contributed by atoms with Crippen LogP contribution in [0.1, 0.15) is 12.1 Å². The monoisotopic (exact) mass is 297 g/mol. The number of carbonyl (C=O) groups is 1. The molecular formula is C16H19N5O. The van der Waals surface area contributed by atoms with Crippen molar-refractivity contribution in [2.24, 2.45) is 11.7 Å². The van der Waals surface area contributed by atoms with Crippen LogP contribution in [0.5, 0.6) is 0 Å². The molecule has 1 saturated heterocycles. The lowest BCUT2D eigenvalue weighted by atomic mass is 10.1. The molecule has 22 heavy (non-hydrogen) atoms. The summed E-state index contributed by atoms with van der Waals surface area (Å²) >= 11 is 0. The first kappa shape index (κ1) is 14.5. The van der Waals surface area contributed by atoms with Crippen LogP contribution in [0.25, 0.3) is 0 Å². The van der Waals surface area contributed by atoms with Gasteiger partial charge in [0.15, 0.2) is 0 Å². The van der Waals surface area contributed by atoms with Gasteiger partial charge in [-0.15, -0.1) is 0 Å². The Bertz CT molecular complexity index is 646. The fourth-order valence-electron chi connectivity index (χ4n) is 2.62. The van der Waals surface area contributed by atoms with Crippen LogP contribution in [0, 0.1) is 5.92 Å². The standard InChI is InChI=1S/C16H19N5O/c17-9-14-8-15(19-11-18-14)21-7-6-12(10-21)16(22)20-13-4-2-1-3-5-13/h1-5,8,11-12H,6-7,9-10,17H2,(H,20,22). The van der Waals surface area contributed by atoms with E-state index in [1.54, 1.807) is 0 Å². The summed E-state index contributed by atoms with van der Waals surface area (Å²) in [6.45, 7) is 1.87. The number of rotatable bonds is 4. The number of nitrogens with zero attached hydrogens (tertiary/aromatic N) is 3. The molecule has 6 nitrogen and oxygen atoms in total. The van der Waals surface area contributed by atoms with Gasteiger partial charge in [-0.25, -0.2) is 9.97 Å². The Morgan fingerprint density at radius 3 is 2.91 bits per heavy atom. The van der Waals surface area contributed by atoms with Crippen molar-refractivity contribution in [2.45, 2.75) is 13.0 Å². The van der Waals surface area contributed by atoms with Gasteiger partial charge in [0, 0.05) is 31.4 Å². The summed E-state index contributed by atoms with van der Waals surface area (Å²) in [4.78, 5) is 22.8. The van der Waals surface area contributed by atoms with E-state index in [0.29, 0.717) is 13.1 Å². The van der Waals surface area contributed by atoms with Crippen molar-refractivity contribution in [2.75, 3.05) is 23.3 Å². The van der Waals surface area contributed by atoms with Gasteiger partial charge in [-0.3, -0.25) is 4.79 Å². The number of hydrogen-bond acceptors (Lipinski definition) is 5. The molecule has 1 aliphatic heterocycles. The smallest absolute Gasteiger partial charge is 0.229 e. The second kappa shape index (κ2) is 6.53. The number of nitrogens with one attached hydrogen (secondary N) is 1. The molecule has 1 unspecified atom stereocenters. The van der Waals surface area contributed by atoms with Crippen LogP contribution in [0.15, 0.2) is 42.7 Å². The van der Waals surface area contributed by atoms with Crippen LogP contribution in [0.2, 0.25) is 0 Å². The zero-order valence-electron chi connectivity index (χ0n) is 12.3. The summed E-state index contributed by atoms with van der Waals surface area (Å²) in [5.41, 5.74) is 7.25. The highest BCUT2D eigenvalue weighted by molar-refractivity contribution is 5.93. The van der Waals surface area contributed by atoms with Crippen molar-refractivity contribution in [3.63, 3.8) is 0 Å². The molecule has 2 heterocycles. The minimum Gasteiger partial charge on any atom is -0.356 e. The van der Waals surface area contributed by atoms with Crippen LogP contribution in [-0.4, -0.2) is 29.0 Å². The van der Waals surface area contributed by atoms with Gasteiger partial charge in [0.1, 0.15) is 12.1 Å². The van der Waals surface area contributed by atoms with E-state index in [0.717, 1.165) is 30.2 Å². The Morgan fingerprint density at radius 2 is 2.14 bits per heavy atom. The summed E-state index contributed by atoms with van der Waals surface area (Å²) in [5, 5.41) is 2.96. The van der Waals surface area contributed by atoms with E-state index in [1.807, 2.05) is 36.4 Å². The van der Waals surface area contributed by atoms with Gasteiger partial charge >= 0.3 is 0 Å². The molecule has 1 aromatic heterocycles. The lowest BCUT2D eigenvalue weighted by molar-refractivity contribution is -0.119. The van der Waals surface area contributed by atoms with Crippen LogP contribution < -0.4 is 16.0 Å². The number of benzene rings is 1. The molecule has 0 bridgehead atoms. The van der Waals surface area contributed by atoms with E-state index in [2.05, 4.69) is 20.2 Å². The number of para-hydroxylation sites is 1. The van der Waals surface area contributed by atoms with Gasteiger partial charge in [0.2, 0.25) is 5.91 Å². The molecule has 1 fully saturated rings. The first-order valence-corrected chi connectivity index (χ1v) is 7.38. The molecule has 3 N–H and O–H groups in total. The van der Waals surface area contributed by atoms with Gasteiger partial charge in [-0.05, 0) is 18.6 Å². The zero-order chi connectivity index (χ0) is 15.4. The van der Waals surface area contributed by atoms with E-state index >= 15 is 0 Å². The minimum atomic E-state index is -0.0310. The predicted octanol–water partition coefficient (Wildman–Crippen LogP) is 1.40. The highest BCUT2D eigenvalue weighted by Crippen LogP contribution is 2.23. The molecule has 2 aromatic rings. The quantitative estimate of drug-likeness (QED) is 0.891. The molecule has 3 rings (SSSR count). The fourth-order valence-corrected chi connectivity index (χ4v) is 2.62. The molecule has 0 aliphatic carbocycles. The lowest BCUT2D eigenvalue weighted by Crippen LogP contribution is -2.27. The molecule has 1 amide bonds. The largest absolute Gasteiger partial charge is 0.356 e. The van der Waals surface area contributed by atoms with Gasteiger partial charge in [-0.2, -0.15) is 0 Å². The third-order valence-electron chi connectivity index (χ3n) is 3.84. The number of carbonyl (C=O) groups excluding carboxylic acids is 1. The molecule has 0 saturated carbocycles. The molecule has 114 valence electrons. The third-order valence-corrected chi connectivity index (χ3v) is 3.84. The van der Waals surface area contributed by atoms with Crippen molar-refractivity contribution >= 4 is 17.4 Å². The van der Waals surface area contributed by atoms with Crippen LogP contribution in [0.4, 0.5) is 11.5 Å². The van der Waals surface area contributed by atoms with E-state index in [1.165, 1.54) is 6.33 Å². The highest BCUT2D eigenvalue weighted by atomic mass is 16.1. The number of anilines is 2. The van der Waals surface area contributed by atoms with Crippen molar-refractivity contribution in [3.8, 4) is 0 Å². The first-order chi connectivity index (χ1) is 10.8. The summed E-state index contributed by atoms with van der Waals surface area (Å²) in [7, 11) is 0. The predicted molar refractivity (Wildman–Crippen MR) is 85.3 cm³/mol. The number of hydrogen-bond donors (Lipinski definition) is 2. The molecule has 6 heteroatoms. The Kier molecular flexibility index (Phi) is 4.29. The van der Waals surface area contributed by atoms with Crippen molar-refractivity contribution in [1.29, 1.82) is 0 Å². The van der Waals surface area contributed by atoms with Gasteiger partial charge in [0.25, 0.3) is 0 Å². The van der Waals surface area contributed by atoms with Gasteiger partial charge in [-0.1, -0.05) is 18.2 Å². The number of aromatic nitrogens is 2. The van der Waals surface area contributed by atoms with Crippen molar-refractivity contribution in [1.82, 2.24) is 9.97 Å². The number of nitrogens with two attached hydrogens (primary N) is 1. The van der Waals surface area contributed by atoms with Crippen LogP contribution in [0.3, 0.4) is 0 Å². The second-order valence-electron chi connectivity index (χ2n) is 5.36. The SMILES string of the molecule is NCc1cc(N2CCC(C(=O)Nc3ccccc3)C2)ncn1. The number of amides is 1. The second-order valence-corrected chi connectivity index (χ2v) is 5.36. The zero-order valence-corrected chi connectivity index (χ0v) is 12.3. The fraction of sp³-hybridized carbons (Fsp3) is 0.312. The Morgan fingerprint density at radius 1 is 1.32 bits per heavy atom. The average Bonchev–Trinajstić information content (AvgIpc) is 3.06. The molecule has 0 spiro atoms. The van der Waals surface area contributed by atoms with Gasteiger partial charge in [0.05, 0.1) is 11.6 Å². The van der Waals surface area contributed by atoms with E-state index in [9.17, 15) is 4.79 Å². The molecule has 1 atom stereocenters. The van der Waals surface area contributed by atoms with Crippen LogP contribution in [-0.2, 0) is 11.3 Å². The van der Waals surface area contributed by atoms with Crippen molar-refractivity contribution in [3.05, 3.63) is 48.4 Å². The van der Waals surface area contributed by atoms with E-state index < -0.39 is 0 Å². The molecule has 1 aromatic carbocycles. The van der Waals surface area contributed by atoms with Gasteiger partial charge < -0.3 is 16.0 Å². The van der Waals surface area contributed by atoms with E-state index in [-0.39, 0.29) is 11.8 Å². The third kappa shape index (κ3) is 3.23. The Balaban J connectivity index is 1.63. The lowest BCUT2D eigenvalue weighted by Gasteiger charge is -2.17. The Labute approximate surface area is 129 Å². The summed E-state index contributed by atoms with van der Waals surface area (Å²) in [6.07, 6.45) is 2.34. The normalized spacial score (nSPS) is 17.5.